The van der Waals surface area contributed by atoms with E-state index in [1.165, 1.54) is 11.3 Å². The van der Waals surface area contributed by atoms with Crippen LogP contribution in [-0.4, -0.2) is 71.8 Å². The van der Waals surface area contributed by atoms with E-state index >= 15 is 0 Å². The van der Waals surface area contributed by atoms with Crippen molar-refractivity contribution in [2.75, 3.05) is 55.7 Å². The van der Waals surface area contributed by atoms with Gasteiger partial charge < -0.3 is 19.9 Å². The first-order valence-corrected chi connectivity index (χ1v) is 11.8. The van der Waals surface area contributed by atoms with Gasteiger partial charge in [0.1, 0.15) is 0 Å². The number of carbonyl (C=O) groups excluding carboxylic acids is 1. The van der Waals surface area contributed by atoms with E-state index in [9.17, 15) is 4.79 Å². The van der Waals surface area contributed by atoms with Crippen molar-refractivity contribution in [1.29, 1.82) is 0 Å². The third kappa shape index (κ3) is 5.03. The van der Waals surface area contributed by atoms with Crippen molar-refractivity contribution in [1.82, 2.24) is 25.3 Å². The van der Waals surface area contributed by atoms with Crippen LogP contribution in [0.2, 0.25) is 0 Å². The Morgan fingerprint density at radius 2 is 1.84 bits per heavy atom. The van der Waals surface area contributed by atoms with Crippen molar-refractivity contribution < 1.29 is 9.53 Å². The molecule has 2 aromatic rings. The van der Waals surface area contributed by atoms with Gasteiger partial charge in [0.25, 0.3) is 0 Å². The molecule has 0 bridgehead atoms. The molecule has 0 spiro atoms. The normalized spacial score (nSPS) is 19.3. The number of rotatable bonds is 7. The summed E-state index contributed by atoms with van der Waals surface area (Å²) in [4.78, 5) is 17.2. The molecule has 32 heavy (non-hydrogen) atoms. The second-order valence-corrected chi connectivity index (χ2v) is 8.64. The Kier molecular flexibility index (Phi) is 7.24. The van der Waals surface area contributed by atoms with E-state index in [0.717, 1.165) is 76.0 Å². The Hall–Kier alpha value is -2.68. The molecule has 9 heteroatoms. The summed E-state index contributed by atoms with van der Waals surface area (Å²) in [6, 6.07) is 4.05. The SMILES string of the molecule is CCn1nc(C)c(CCNC(=O)C2CCCN(c3ccc(N4CCOCC4)nn3)C2)c1C. The average Bonchev–Trinajstić information content (AvgIpc) is 3.12. The van der Waals surface area contributed by atoms with Crippen LogP contribution in [0.15, 0.2) is 12.1 Å². The number of amides is 1. The van der Waals surface area contributed by atoms with Gasteiger partial charge in [-0.1, -0.05) is 0 Å². The lowest BCUT2D eigenvalue weighted by Gasteiger charge is -2.33. The molecule has 2 fully saturated rings. The molecule has 2 aliphatic rings. The summed E-state index contributed by atoms with van der Waals surface area (Å²) in [5, 5.41) is 16.6. The van der Waals surface area contributed by atoms with Gasteiger partial charge in [0.2, 0.25) is 5.91 Å². The average molecular weight is 442 g/mol. The molecule has 0 saturated carbocycles. The van der Waals surface area contributed by atoms with E-state index in [-0.39, 0.29) is 11.8 Å². The molecule has 2 aliphatic heterocycles. The molecule has 1 unspecified atom stereocenters. The van der Waals surface area contributed by atoms with Crippen LogP contribution in [0.25, 0.3) is 0 Å². The number of piperidine rings is 1. The molecule has 0 aliphatic carbocycles. The zero-order valence-electron chi connectivity index (χ0n) is 19.5. The predicted octanol–water partition coefficient (Wildman–Crippen LogP) is 1.72. The number of nitrogens with zero attached hydrogens (tertiary/aromatic N) is 6. The minimum atomic E-state index is -0.0231. The highest BCUT2D eigenvalue weighted by Gasteiger charge is 2.27. The highest BCUT2D eigenvalue weighted by atomic mass is 16.5. The lowest BCUT2D eigenvalue weighted by Crippen LogP contribution is -2.44. The fourth-order valence-electron chi connectivity index (χ4n) is 4.71. The van der Waals surface area contributed by atoms with Gasteiger partial charge in [-0.15, -0.1) is 10.2 Å². The number of hydrogen-bond acceptors (Lipinski definition) is 7. The Morgan fingerprint density at radius 1 is 1.12 bits per heavy atom. The maximum absolute atomic E-state index is 12.8. The third-order valence-corrected chi connectivity index (χ3v) is 6.59. The van der Waals surface area contributed by atoms with Crippen LogP contribution in [0.4, 0.5) is 11.6 Å². The Labute approximate surface area is 190 Å². The van der Waals surface area contributed by atoms with Gasteiger partial charge >= 0.3 is 0 Å². The van der Waals surface area contributed by atoms with Gasteiger partial charge in [-0.2, -0.15) is 5.10 Å². The van der Waals surface area contributed by atoms with Crippen molar-refractivity contribution in [2.24, 2.45) is 5.92 Å². The van der Waals surface area contributed by atoms with Crippen molar-refractivity contribution in [3.05, 3.63) is 29.1 Å². The molecule has 174 valence electrons. The Morgan fingerprint density at radius 3 is 2.50 bits per heavy atom. The number of aromatic nitrogens is 4. The molecule has 9 nitrogen and oxygen atoms in total. The molecule has 4 heterocycles. The monoisotopic (exact) mass is 441 g/mol. The van der Waals surface area contributed by atoms with E-state index in [1.807, 2.05) is 23.7 Å². The summed E-state index contributed by atoms with van der Waals surface area (Å²) in [6.45, 7) is 12.5. The molecular weight excluding hydrogens is 406 g/mol. The number of carbonyl (C=O) groups is 1. The maximum atomic E-state index is 12.8. The summed E-state index contributed by atoms with van der Waals surface area (Å²) in [7, 11) is 0. The fourth-order valence-corrected chi connectivity index (χ4v) is 4.71. The van der Waals surface area contributed by atoms with Crippen LogP contribution in [0, 0.1) is 19.8 Å². The molecule has 1 N–H and O–H groups in total. The number of nitrogens with one attached hydrogen (secondary N) is 1. The van der Waals surface area contributed by atoms with Crippen LogP contribution >= 0.6 is 0 Å². The molecule has 1 amide bonds. The largest absolute Gasteiger partial charge is 0.378 e. The smallest absolute Gasteiger partial charge is 0.224 e. The lowest BCUT2D eigenvalue weighted by atomic mass is 9.97. The van der Waals surface area contributed by atoms with Crippen molar-refractivity contribution in [3.8, 4) is 0 Å². The second kappa shape index (κ2) is 10.3. The number of hydrogen-bond donors (Lipinski definition) is 1. The minimum absolute atomic E-state index is 0.0231. The topological polar surface area (TPSA) is 88.4 Å². The first-order valence-electron chi connectivity index (χ1n) is 11.8. The van der Waals surface area contributed by atoms with Crippen LogP contribution in [-0.2, 0) is 22.5 Å². The van der Waals surface area contributed by atoms with Crippen LogP contribution in [0.3, 0.4) is 0 Å². The van der Waals surface area contributed by atoms with Gasteiger partial charge in [0.05, 0.1) is 24.8 Å². The summed E-state index contributed by atoms with van der Waals surface area (Å²) in [5.41, 5.74) is 3.50. The maximum Gasteiger partial charge on any atom is 0.224 e. The third-order valence-electron chi connectivity index (χ3n) is 6.59. The molecule has 0 radical (unpaired) electrons. The van der Waals surface area contributed by atoms with E-state index in [2.05, 4.69) is 44.3 Å². The molecule has 4 rings (SSSR count). The zero-order valence-corrected chi connectivity index (χ0v) is 19.5. The number of aryl methyl sites for hydroxylation is 2. The van der Waals surface area contributed by atoms with Crippen LogP contribution in [0.5, 0.6) is 0 Å². The molecule has 2 saturated heterocycles. The Bertz CT molecular complexity index is 906. The van der Waals surface area contributed by atoms with Gasteiger partial charge in [-0.05, 0) is 57.7 Å². The molecular formula is C23H35N7O2. The summed E-state index contributed by atoms with van der Waals surface area (Å²) in [6.07, 6.45) is 2.70. The quantitative estimate of drug-likeness (QED) is 0.700. The number of ether oxygens (including phenoxy) is 1. The molecule has 0 aromatic carbocycles. The van der Waals surface area contributed by atoms with E-state index in [0.29, 0.717) is 13.1 Å². The van der Waals surface area contributed by atoms with Gasteiger partial charge in [-0.3, -0.25) is 9.48 Å². The fraction of sp³-hybridized carbons (Fsp3) is 0.652. The van der Waals surface area contributed by atoms with E-state index in [1.54, 1.807) is 0 Å². The number of anilines is 2. The van der Waals surface area contributed by atoms with Crippen molar-refractivity contribution >= 4 is 17.5 Å². The standard InChI is InChI=1S/C23H35N7O2/c1-4-30-18(3)20(17(2)27-30)9-10-24-23(31)19-6-5-11-29(16-19)22-8-7-21(25-26-22)28-12-14-32-15-13-28/h7-8,19H,4-6,9-16H2,1-3H3,(H,24,31). The van der Waals surface area contributed by atoms with E-state index < -0.39 is 0 Å². The number of morpholine rings is 1. The van der Waals surface area contributed by atoms with Gasteiger partial charge in [-0.25, -0.2) is 0 Å². The van der Waals surface area contributed by atoms with Gasteiger partial charge in [0.15, 0.2) is 11.6 Å². The summed E-state index contributed by atoms with van der Waals surface area (Å²) in [5.74, 6) is 1.84. The van der Waals surface area contributed by atoms with Crippen molar-refractivity contribution in [2.45, 2.75) is 46.6 Å². The highest BCUT2D eigenvalue weighted by molar-refractivity contribution is 5.79. The van der Waals surface area contributed by atoms with Crippen LogP contribution < -0.4 is 15.1 Å². The highest BCUT2D eigenvalue weighted by Crippen LogP contribution is 2.23. The summed E-state index contributed by atoms with van der Waals surface area (Å²) < 4.78 is 7.43. The Balaban J connectivity index is 1.29. The zero-order chi connectivity index (χ0) is 22.5. The first kappa shape index (κ1) is 22.5. The second-order valence-electron chi connectivity index (χ2n) is 8.64. The van der Waals surface area contributed by atoms with Crippen molar-refractivity contribution in [3.63, 3.8) is 0 Å². The first-order chi connectivity index (χ1) is 15.6. The molecule has 1 atom stereocenters. The lowest BCUT2D eigenvalue weighted by molar-refractivity contribution is -0.125. The van der Waals surface area contributed by atoms with Crippen LogP contribution in [0.1, 0.15) is 36.7 Å². The summed E-state index contributed by atoms with van der Waals surface area (Å²) >= 11 is 0. The van der Waals surface area contributed by atoms with Gasteiger partial charge in [0, 0.05) is 45.0 Å². The minimum Gasteiger partial charge on any atom is -0.378 e. The predicted molar refractivity (Wildman–Crippen MR) is 124 cm³/mol. The van der Waals surface area contributed by atoms with E-state index in [4.69, 9.17) is 4.74 Å². The molecule has 2 aromatic heterocycles.